The average Bonchev–Trinajstić information content (AvgIpc) is 3.30. The summed E-state index contributed by atoms with van der Waals surface area (Å²) >= 11 is 0. The number of unbranched alkanes of at least 4 members (excludes halogenated alkanes) is 4. The molecule has 0 saturated heterocycles. The second-order valence-corrected chi connectivity index (χ2v) is 13.5. The van der Waals surface area contributed by atoms with Crippen LogP contribution in [0, 0.1) is 17.3 Å². The van der Waals surface area contributed by atoms with Crippen molar-refractivity contribution < 1.29 is 23.9 Å². The lowest BCUT2D eigenvalue weighted by Gasteiger charge is -2.54. The lowest BCUT2D eigenvalue weighted by molar-refractivity contribution is -0.155. The fourth-order valence-corrected chi connectivity index (χ4v) is 8.79. The molecule has 2 aromatic carbocycles. The van der Waals surface area contributed by atoms with E-state index in [0.29, 0.717) is 35.8 Å². The second kappa shape index (κ2) is 13.7. The van der Waals surface area contributed by atoms with E-state index in [1.807, 2.05) is 6.07 Å². The number of esters is 2. The van der Waals surface area contributed by atoms with Gasteiger partial charge in [0.05, 0.1) is 0 Å². The van der Waals surface area contributed by atoms with Crippen molar-refractivity contribution in [2.45, 2.75) is 116 Å². The van der Waals surface area contributed by atoms with Crippen molar-refractivity contribution in [1.82, 2.24) is 5.32 Å². The highest BCUT2D eigenvalue weighted by Crippen LogP contribution is 2.65. The Balaban J connectivity index is 1.34. The summed E-state index contributed by atoms with van der Waals surface area (Å²) in [5.41, 5.74) is 5.41. The zero-order valence-corrected chi connectivity index (χ0v) is 26.5. The molecule has 3 aliphatic carbocycles. The topological polar surface area (TPSA) is 81.7 Å². The number of aryl methyl sites for hydroxylation is 2. The molecular formula is C37H49NO5. The first-order valence-corrected chi connectivity index (χ1v) is 16.5. The molecule has 3 aliphatic rings. The minimum Gasteiger partial charge on any atom is -0.462 e. The van der Waals surface area contributed by atoms with Gasteiger partial charge in [0, 0.05) is 32.7 Å². The van der Waals surface area contributed by atoms with Crippen LogP contribution < -0.4 is 10.1 Å². The van der Waals surface area contributed by atoms with Crippen molar-refractivity contribution in [2.24, 2.45) is 17.3 Å². The largest absolute Gasteiger partial charge is 0.462 e. The molecule has 0 spiro atoms. The minimum atomic E-state index is -0.288. The Bertz CT molecular complexity index is 1300. The fraction of sp³-hybridized carbons (Fsp3) is 0.595. The predicted octanol–water partition coefficient (Wildman–Crippen LogP) is 7.42. The van der Waals surface area contributed by atoms with E-state index in [1.54, 1.807) is 14.0 Å². The molecule has 0 aromatic heterocycles. The molecule has 5 rings (SSSR count). The SMILES string of the molecule is CNC(=O)CCCCCCCc1ccc([C@H]2C[C@]3(C)C(OC(C)=O)CCC3C3CCc4cc(OC(C)=O)ccc4C32)cc1. The van der Waals surface area contributed by atoms with Crippen molar-refractivity contribution in [1.29, 1.82) is 0 Å². The Kier molecular flexibility index (Phi) is 9.93. The fourth-order valence-electron chi connectivity index (χ4n) is 8.79. The average molecular weight is 588 g/mol. The van der Waals surface area contributed by atoms with Gasteiger partial charge in [-0.05, 0) is 109 Å². The van der Waals surface area contributed by atoms with Crippen molar-refractivity contribution in [3.63, 3.8) is 0 Å². The van der Waals surface area contributed by atoms with Gasteiger partial charge >= 0.3 is 11.9 Å². The van der Waals surface area contributed by atoms with Crippen LogP contribution in [-0.2, 0) is 32.0 Å². The maximum atomic E-state index is 12.1. The van der Waals surface area contributed by atoms with E-state index in [9.17, 15) is 14.4 Å². The number of ether oxygens (including phenoxy) is 2. The molecule has 2 fully saturated rings. The number of hydrogen-bond acceptors (Lipinski definition) is 5. The van der Waals surface area contributed by atoms with Crippen molar-refractivity contribution >= 4 is 17.8 Å². The Morgan fingerprint density at radius 3 is 2.37 bits per heavy atom. The van der Waals surface area contributed by atoms with Crippen LogP contribution >= 0.6 is 0 Å². The van der Waals surface area contributed by atoms with E-state index in [4.69, 9.17) is 9.47 Å². The summed E-state index contributed by atoms with van der Waals surface area (Å²) in [7, 11) is 1.70. The summed E-state index contributed by atoms with van der Waals surface area (Å²) in [5.74, 6) is 2.08. The smallest absolute Gasteiger partial charge is 0.308 e. The summed E-state index contributed by atoms with van der Waals surface area (Å²) in [5, 5.41) is 2.69. The van der Waals surface area contributed by atoms with Crippen LogP contribution in [0.4, 0.5) is 0 Å². The van der Waals surface area contributed by atoms with Crippen LogP contribution in [-0.4, -0.2) is 31.0 Å². The molecule has 0 radical (unpaired) electrons. The zero-order chi connectivity index (χ0) is 30.6. The first kappa shape index (κ1) is 31.3. The molecule has 6 nitrogen and oxygen atoms in total. The Labute approximate surface area is 257 Å². The highest BCUT2D eigenvalue weighted by atomic mass is 16.5. The van der Waals surface area contributed by atoms with Gasteiger partial charge < -0.3 is 14.8 Å². The van der Waals surface area contributed by atoms with Gasteiger partial charge in [0.2, 0.25) is 5.91 Å². The summed E-state index contributed by atoms with van der Waals surface area (Å²) in [4.78, 5) is 35.1. The third-order valence-electron chi connectivity index (χ3n) is 10.7. The number of hydrogen-bond donors (Lipinski definition) is 1. The van der Waals surface area contributed by atoms with Crippen LogP contribution in [0.2, 0.25) is 0 Å². The van der Waals surface area contributed by atoms with Gasteiger partial charge in [0.25, 0.3) is 0 Å². The van der Waals surface area contributed by atoms with Gasteiger partial charge in [-0.3, -0.25) is 14.4 Å². The molecule has 0 bridgehead atoms. The monoisotopic (exact) mass is 587 g/mol. The standard InChI is InChI=1S/C37H49NO5/c1-24(39)42-29-17-19-30-28(22-29)16-18-31-33-20-21-34(43-25(2)40)37(33,3)23-32(36(30)31)27-14-12-26(13-15-27)10-8-6-5-7-9-11-35(41)38-4/h12-15,17,19,22,31-34,36H,5-11,16,18,20-21,23H2,1-4H3,(H,38,41)/t31?,32-,33?,34?,36?,37+/m1/s1. The highest BCUT2D eigenvalue weighted by Gasteiger charge is 2.59. The van der Waals surface area contributed by atoms with E-state index < -0.39 is 0 Å². The van der Waals surface area contributed by atoms with E-state index >= 15 is 0 Å². The molecule has 2 saturated carbocycles. The maximum Gasteiger partial charge on any atom is 0.308 e. The maximum absolute atomic E-state index is 12.1. The number of rotatable bonds is 11. The third kappa shape index (κ3) is 6.99. The molecule has 0 aliphatic heterocycles. The Morgan fingerprint density at radius 1 is 0.907 bits per heavy atom. The molecular weight excluding hydrogens is 538 g/mol. The van der Waals surface area contributed by atoms with Crippen molar-refractivity contribution in [2.75, 3.05) is 7.05 Å². The molecule has 1 N–H and O–H groups in total. The van der Waals surface area contributed by atoms with Gasteiger partial charge in [0.15, 0.2) is 0 Å². The highest BCUT2D eigenvalue weighted by molar-refractivity contribution is 5.75. The van der Waals surface area contributed by atoms with Crippen LogP contribution in [0.3, 0.4) is 0 Å². The van der Waals surface area contributed by atoms with Gasteiger partial charge in [-0.1, -0.05) is 56.5 Å². The minimum absolute atomic E-state index is 0.0261. The van der Waals surface area contributed by atoms with Gasteiger partial charge in [-0.25, -0.2) is 0 Å². The van der Waals surface area contributed by atoms with Gasteiger partial charge in [-0.2, -0.15) is 0 Å². The van der Waals surface area contributed by atoms with Gasteiger partial charge in [0.1, 0.15) is 11.9 Å². The summed E-state index contributed by atoms with van der Waals surface area (Å²) in [6, 6.07) is 15.6. The molecule has 6 atom stereocenters. The quantitative estimate of drug-likeness (QED) is 0.168. The number of carbonyl (C=O) groups is 3. The summed E-state index contributed by atoms with van der Waals surface area (Å²) < 4.78 is 11.4. The molecule has 2 aromatic rings. The summed E-state index contributed by atoms with van der Waals surface area (Å²) in [6.07, 6.45) is 12.4. The molecule has 43 heavy (non-hydrogen) atoms. The van der Waals surface area contributed by atoms with Crippen LogP contribution in [0.5, 0.6) is 5.75 Å². The van der Waals surface area contributed by atoms with E-state index in [-0.39, 0.29) is 29.4 Å². The van der Waals surface area contributed by atoms with Crippen LogP contribution in [0.15, 0.2) is 42.5 Å². The number of amides is 1. The van der Waals surface area contributed by atoms with E-state index in [0.717, 1.165) is 57.8 Å². The molecule has 0 heterocycles. The lowest BCUT2D eigenvalue weighted by atomic mass is 9.51. The summed E-state index contributed by atoms with van der Waals surface area (Å²) in [6.45, 7) is 5.37. The zero-order valence-electron chi connectivity index (χ0n) is 26.5. The third-order valence-corrected chi connectivity index (χ3v) is 10.7. The second-order valence-electron chi connectivity index (χ2n) is 13.5. The number of benzene rings is 2. The van der Waals surface area contributed by atoms with Crippen molar-refractivity contribution in [3.8, 4) is 5.75 Å². The molecule has 232 valence electrons. The Morgan fingerprint density at radius 2 is 1.65 bits per heavy atom. The number of carbonyl (C=O) groups excluding carboxylic acids is 3. The molecule has 4 unspecified atom stereocenters. The number of fused-ring (bicyclic) bond motifs is 5. The predicted molar refractivity (Wildman–Crippen MR) is 168 cm³/mol. The first-order chi connectivity index (χ1) is 20.7. The normalized spacial score (nSPS) is 27.4. The number of nitrogens with one attached hydrogen (secondary N) is 1. The van der Waals surface area contributed by atoms with E-state index in [1.165, 1.54) is 42.0 Å². The first-order valence-electron chi connectivity index (χ1n) is 16.5. The van der Waals surface area contributed by atoms with Crippen LogP contribution in [0.1, 0.15) is 119 Å². The Hall–Kier alpha value is -3.15. The van der Waals surface area contributed by atoms with Crippen LogP contribution in [0.25, 0.3) is 0 Å². The van der Waals surface area contributed by atoms with Gasteiger partial charge in [-0.15, -0.1) is 0 Å². The lowest BCUT2D eigenvalue weighted by Crippen LogP contribution is -2.48. The van der Waals surface area contributed by atoms with E-state index in [2.05, 4.69) is 48.6 Å². The molecule has 6 heteroatoms. The van der Waals surface area contributed by atoms with Crippen molar-refractivity contribution in [3.05, 3.63) is 64.7 Å². The molecule has 1 amide bonds.